The summed E-state index contributed by atoms with van der Waals surface area (Å²) < 4.78 is 32.4. The number of hydrogen-bond donors (Lipinski definition) is 1. The highest BCUT2D eigenvalue weighted by Gasteiger charge is 2.45. The Kier molecular flexibility index (Phi) is 3.07. The molecule has 0 bridgehead atoms. The van der Waals surface area contributed by atoms with Gasteiger partial charge in [0.15, 0.2) is 0 Å². The Morgan fingerprint density at radius 3 is 2.64 bits per heavy atom. The molecule has 2 atom stereocenters. The maximum absolute atomic E-state index is 13.9. The van der Waals surface area contributed by atoms with Gasteiger partial charge < -0.3 is 5.32 Å². The highest BCUT2D eigenvalue weighted by atomic mass is 19.2. The van der Waals surface area contributed by atoms with Crippen LogP contribution in [-0.4, -0.2) is 24.8 Å². The van der Waals surface area contributed by atoms with Gasteiger partial charge in [-0.1, -0.05) is 12.7 Å². The van der Waals surface area contributed by atoms with Crippen LogP contribution >= 0.6 is 0 Å². The molecule has 1 fully saturated rings. The molecular weight excluding hydrogens is 188 g/mol. The quantitative estimate of drug-likeness (QED) is 0.694. The molecule has 0 amide bonds. The van der Waals surface area contributed by atoms with Gasteiger partial charge in [-0.05, 0) is 25.5 Å². The first-order chi connectivity index (χ1) is 6.42. The van der Waals surface area contributed by atoms with Crippen LogP contribution in [0.5, 0.6) is 0 Å². The Labute approximate surface area is 82.6 Å². The second-order valence-corrected chi connectivity index (χ2v) is 3.50. The van der Waals surface area contributed by atoms with Gasteiger partial charge in [0.1, 0.15) is 0 Å². The number of morpholine rings is 1. The van der Waals surface area contributed by atoms with E-state index < -0.39 is 11.7 Å². The minimum atomic E-state index is -2.12. The topological polar surface area (TPSA) is 21.3 Å². The second-order valence-electron chi connectivity index (χ2n) is 3.50. The van der Waals surface area contributed by atoms with E-state index in [0.29, 0.717) is 0 Å². The normalized spacial score (nSPS) is 38.9. The average Bonchev–Trinajstić information content (AvgIpc) is 2.03. The third-order valence-electron chi connectivity index (χ3n) is 2.10. The van der Waals surface area contributed by atoms with E-state index in [1.165, 1.54) is 19.1 Å². The SMILES string of the molecule is C=C(C)C1(F)CNCC(F)(/C=C/C)O1. The Balaban J connectivity index is 2.83. The highest BCUT2D eigenvalue weighted by molar-refractivity contribution is 5.11. The Hall–Kier alpha value is -0.740. The van der Waals surface area contributed by atoms with Gasteiger partial charge in [0, 0.05) is 0 Å². The summed E-state index contributed by atoms with van der Waals surface area (Å²) in [5.74, 6) is -4.20. The third-order valence-corrected chi connectivity index (χ3v) is 2.10. The van der Waals surface area contributed by atoms with Crippen molar-refractivity contribution < 1.29 is 13.5 Å². The van der Waals surface area contributed by atoms with Crippen LogP contribution in [0, 0.1) is 0 Å². The highest BCUT2D eigenvalue weighted by Crippen LogP contribution is 2.32. The van der Waals surface area contributed by atoms with Crippen molar-refractivity contribution in [3.05, 3.63) is 24.3 Å². The zero-order chi connectivity index (χ0) is 10.8. The second kappa shape index (κ2) is 3.79. The predicted octanol–water partition coefficient (Wildman–Crippen LogP) is 2.09. The molecule has 1 aliphatic rings. The molecule has 1 N–H and O–H groups in total. The molecule has 0 saturated carbocycles. The lowest BCUT2D eigenvalue weighted by atomic mass is 10.1. The number of ether oxygens (including phenoxy) is 1. The maximum Gasteiger partial charge on any atom is 0.246 e. The van der Waals surface area contributed by atoms with Crippen molar-refractivity contribution in [1.82, 2.24) is 5.32 Å². The molecule has 0 aromatic carbocycles. The van der Waals surface area contributed by atoms with Gasteiger partial charge in [0.05, 0.1) is 13.1 Å². The zero-order valence-electron chi connectivity index (χ0n) is 8.44. The lowest BCUT2D eigenvalue weighted by molar-refractivity contribution is -0.250. The van der Waals surface area contributed by atoms with Crippen LogP contribution in [-0.2, 0) is 4.74 Å². The first-order valence-corrected chi connectivity index (χ1v) is 4.50. The van der Waals surface area contributed by atoms with Gasteiger partial charge in [-0.3, -0.25) is 4.74 Å². The summed E-state index contributed by atoms with van der Waals surface area (Å²) in [4.78, 5) is 0. The number of halogens is 2. The Bertz CT molecular complexity index is 267. The van der Waals surface area contributed by atoms with Crippen LogP contribution in [0.15, 0.2) is 24.3 Å². The molecule has 1 aliphatic heterocycles. The first-order valence-electron chi connectivity index (χ1n) is 4.50. The largest absolute Gasteiger partial charge is 0.305 e. The van der Waals surface area contributed by atoms with E-state index in [9.17, 15) is 8.78 Å². The molecule has 14 heavy (non-hydrogen) atoms. The smallest absolute Gasteiger partial charge is 0.246 e. The molecule has 4 heteroatoms. The summed E-state index contributed by atoms with van der Waals surface area (Å²) in [6.07, 6.45) is 2.68. The van der Waals surface area contributed by atoms with Crippen LogP contribution < -0.4 is 5.32 Å². The Morgan fingerprint density at radius 2 is 2.14 bits per heavy atom. The van der Waals surface area contributed by atoms with E-state index in [1.54, 1.807) is 6.92 Å². The van der Waals surface area contributed by atoms with Gasteiger partial charge in [-0.2, -0.15) is 0 Å². The van der Waals surface area contributed by atoms with E-state index in [1.807, 2.05) is 0 Å². The Morgan fingerprint density at radius 1 is 1.50 bits per heavy atom. The summed E-state index contributed by atoms with van der Waals surface area (Å²) in [5, 5.41) is 2.64. The maximum atomic E-state index is 13.9. The number of hydrogen-bond acceptors (Lipinski definition) is 2. The summed E-state index contributed by atoms with van der Waals surface area (Å²) in [5.41, 5.74) is 0.163. The van der Waals surface area contributed by atoms with Gasteiger partial charge in [-0.15, -0.1) is 0 Å². The van der Waals surface area contributed by atoms with Crippen LogP contribution in [0.25, 0.3) is 0 Å². The van der Waals surface area contributed by atoms with E-state index in [4.69, 9.17) is 4.74 Å². The number of alkyl halides is 2. The van der Waals surface area contributed by atoms with E-state index in [-0.39, 0.29) is 18.7 Å². The van der Waals surface area contributed by atoms with E-state index >= 15 is 0 Å². The average molecular weight is 203 g/mol. The monoisotopic (exact) mass is 203 g/mol. The van der Waals surface area contributed by atoms with E-state index in [0.717, 1.165) is 0 Å². The molecule has 0 aromatic rings. The van der Waals surface area contributed by atoms with Crippen molar-refractivity contribution in [1.29, 1.82) is 0 Å². The molecule has 0 spiro atoms. The van der Waals surface area contributed by atoms with E-state index in [2.05, 4.69) is 11.9 Å². The molecule has 2 nitrogen and oxygen atoms in total. The van der Waals surface area contributed by atoms with Crippen molar-refractivity contribution in [3.63, 3.8) is 0 Å². The third kappa shape index (κ3) is 2.19. The van der Waals surface area contributed by atoms with Crippen molar-refractivity contribution in [2.75, 3.05) is 13.1 Å². The molecule has 1 saturated heterocycles. The van der Waals surface area contributed by atoms with Gasteiger partial charge in [-0.25, -0.2) is 8.78 Å². The first kappa shape index (κ1) is 11.3. The lowest BCUT2D eigenvalue weighted by Crippen LogP contribution is -2.56. The van der Waals surface area contributed by atoms with Crippen LogP contribution in [0.1, 0.15) is 13.8 Å². The van der Waals surface area contributed by atoms with Crippen molar-refractivity contribution in [2.45, 2.75) is 25.6 Å². The lowest BCUT2D eigenvalue weighted by Gasteiger charge is -2.38. The molecule has 1 rings (SSSR count). The molecule has 0 aromatic heterocycles. The summed E-state index contributed by atoms with van der Waals surface area (Å²) >= 11 is 0. The minimum absolute atomic E-state index is 0.0453. The van der Waals surface area contributed by atoms with Crippen LogP contribution in [0.2, 0.25) is 0 Å². The predicted molar refractivity (Wildman–Crippen MR) is 51.3 cm³/mol. The molecular formula is C10H15F2NO. The van der Waals surface area contributed by atoms with Gasteiger partial charge in [0.2, 0.25) is 11.7 Å². The fourth-order valence-electron chi connectivity index (χ4n) is 1.31. The fraction of sp³-hybridized carbons (Fsp3) is 0.600. The van der Waals surface area contributed by atoms with Crippen LogP contribution in [0.3, 0.4) is 0 Å². The van der Waals surface area contributed by atoms with Gasteiger partial charge in [0.25, 0.3) is 0 Å². The molecule has 0 radical (unpaired) electrons. The summed E-state index contributed by atoms with van der Waals surface area (Å²) in [7, 11) is 0. The van der Waals surface area contributed by atoms with Crippen molar-refractivity contribution in [3.8, 4) is 0 Å². The molecule has 1 heterocycles. The number of allylic oxidation sites excluding steroid dienone is 1. The summed E-state index contributed by atoms with van der Waals surface area (Å²) in [6, 6.07) is 0. The molecule has 80 valence electrons. The zero-order valence-corrected chi connectivity index (χ0v) is 8.44. The van der Waals surface area contributed by atoms with Gasteiger partial charge >= 0.3 is 0 Å². The summed E-state index contributed by atoms with van der Waals surface area (Å²) in [6.45, 7) is 6.46. The molecule has 0 aliphatic carbocycles. The van der Waals surface area contributed by atoms with Crippen LogP contribution in [0.4, 0.5) is 8.78 Å². The van der Waals surface area contributed by atoms with Crippen molar-refractivity contribution >= 4 is 0 Å². The minimum Gasteiger partial charge on any atom is -0.305 e. The number of rotatable bonds is 2. The fourth-order valence-corrected chi connectivity index (χ4v) is 1.31. The standard InChI is InChI=1S/C10H15F2NO/c1-4-5-9(11)6-13-7-10(12,14-9)8(2)3/h4-5,13H,2,6-7H2,1,3H3/b5-4+. The number of nitrogens with one attached hydrogen (secondary N) is 1. The molecule has 2 unspecified atom stereocenters. The van der Waals surface area contributed by atoms with Crippen molar-refractivity contribution in [2.24, 2.45) is 0 Å².